The van der Waals surface area contributed by atoms with Crippen LogP contribution >= 0.6 is 0 Å². The van der Waals surface area contributed by atoms with Crippen LogP contribution in [0.15, 0.2) is 55.0 Å². The van der Waals surface area contributed by atoms with Gasteiger partial charge in [-0.15, -0.1) is 5.10 Å². The lowest BCUT2D eigenvalue weighted by atomic mass is 10.1. The smallest absolute Gasteiger partial charge is 0.368 e. The molecule has 0 atom stereocenters. The summed E-state index contributed by atoms with van der Waals surface area (Å²) in [5.41, 5.74) is 0.183. The Bertz CT molecular complexity index is 781. The van der Waals surface area contributed by atoms with E-state index in [1.165, 1.54) is 12.1 Å². The summed E-state index contributed by atoms with van der Waals surface area (Å²) in [7, 11) is 0. The van der Waals surface area contributed by atoms with Gasteiger partial charge in [-0.2, -0.15) is 13.2 Å². The monoisotopic (exact) mass is 333 g/mol. The minimum atomic E-state index is -4.30. The second-order valence-corrected chi connectivity index (χ2v) is 5.07. The number of alkyl halides is 3. The van der Waals surface area contributed by atoms with Crippen LogP contribution in [0.4, 0.5) is 19.0 Å². The van der Waals surface area contributed by atoms with E-state index in [1.54, 1.807) is 35.4 Å². The molecule has 0 bridgehead atoms. The molecule has 0 aliphatic carbocycles. The van der Waals surface area contributed by atoms with Crippen molar-refractivity contribution >= 4 is 5.82 Å². The minimum absolute atomic E-state index is 0.466. The molecule has 2 heterocycles. The average Bonchev–Trinajstić information content (AvgIpc) is 3.04. The maximum atomic E-state index is 12.5. The van der Waals surface area contributed by atoms with E-state index in [0.717, 1.165) is 17.7 Å². The van der Waals surface area contributed by atoms with Crippen LogP contribution in [0.2, 0.25) is 0 Å². The fourth-order valence-electron chi connectivity index (χ4n) is 2.13. The summed E-state index contributed by atoms with van der Waals surface area (Å²) in [6, 6.07) is 8.66. The van der Waals surface area contributed by atoms with E-state index >= 15 is 0 Å². The van der Waals surface area contributed by atoms with Crippen LogP contribution in [-0.2, 0) is 12.6 Å². The molecule has 0 spiro atoms. The Morgan fingerprint density at radius 1 is 1.00 bits per heavy atom. The van der Waals surface area contributed by atoms with Crippen LogP contribution in [-0.4, -0.2) is 26.3 Å². The van der Waals surface area contributed by atoms with Gasteiger partial charge in [0.1, 0.15) is 5.82 Å². The van der Waals surface area contributed by atoms with E-state index in [0.29, 0.717) is 24.7 Å². The molecular formula is C16H14F3N5. The zero-order valence-electron chi connectivity index (χ0n) is 12.5. The first-order chi connectivity index (χ1) is 11.5. The van der Waals surface area contributed by atoms with Crippen LogP contribution in [0.3, 0.4) is 0 Å². The molecule has 0 unspecified atom stereocenters. The number of aromatic nitrogens is 4. The third kappa shape index (κ3) is 3.89. The summed E-state index contributed by atoms with van der Waals surface area (Å²) in [4.78, 5) is 8.18. The van der Waals surface area contributed by atoms with Gasteiger partial charge < -0.3 is 5.32 Å². The molecule has 0 amide bonds. The predicted molar refractivity (Wildman–Crippen MR) is 82.8 cm³/mol. The molecule has 3 rings (SSSR count). The second kappa shape index (κ2) is 6.69. The Labute approximate surface area is 136 Å². The van der Waals surface area contributed by atoms with Gasteiger partial charge >= 0.3 is 6.18 Å². The zero-order chi connectivity index (χ0) is 17.0. The molecule has 0 radical (unpaired) electrons. The summed E-state index contributed by atoms with van der Waals surface area (Å²) < 4.78 is 39.0. The molecule has 0 saturated carbocycles. The molecule has 1 aromatic carbocycles. The number of hydrogen-bond donors (Lipinski definition) is 1. The van der Waals surface area contributed by atoms with E-state index in [9.17, 15) is 13.2 Å². The van der Waals surface area contributed by atoms with Crippen molar-refractivity contribution in [2.45, 2.75) is 12.6 Å². The summed E-state index contributed by atoms with van der Waals surface area (Å²) >= 11 is 0. The fraction of sp³-hybridized carbons (Fsp3) is 0.188. The molecule has 5 nitrogen and oxygen atoms in total. The van der Waals surface area contributed by atoms with Crippen molar-refractivity contribution in [3.63, 3.8) is 0 Å². The normalized spacial score (nSPS) is 11.5. The fourth-order valence-corrected chi connectivity index (χ4v) is 2.13. The third-order valence-electron chi connectivity index (χ3n) is 3.35. The Morgan fingerprint density at radius 3 is 2.38 bits per heavy atom. The van der Waals surface area contributed by atoms with Gasteiger partial charge in [0.05, 0.1) is 5.56 Å². The molecule has 0 fully saturated rings. The molecule has 0 aliphatic rings. The Kier molecular flexibility index (Phi) is 4.45. The van der Waals surface area contributed by atoms with E-state index in [1.807, 2.05) is 0 Å². The zero-order valence-corrected chi connectivity index (χ0v) is 12.5. The van der Waals surface area contributed by atoms with Gasteiger partial charge in [0.25, 0.3) is 0 Å². The number of anilines is 1. The molecule has 124 valence electrons. The number of nitrogens with one attached hydrogen (secondary N) is 1. The topological polar surface area (TPSA) is 55.6 Å². The number of rotatable bonds is 5. The van der Waals surface area contributed by atoms with E-state index in [2.05, 4.69) is 20.4 Å². The van der Waals surface area contributed by atoms with Crippen LogP contribution in [0, 0.1) is 0 Å². The summed E-state index contributed by atoms with van der Waals surface area (Å²) in [5.74, 6) is 1.11. The van der Waals surface area contributed by atoms with Gasteiger partial charge in [-0.25, -0.2) is 14.6 Å². The summed E-state index contributed by atoms with van der Waals surface area (Å²) in [6.45, 7) is 0.554. The van der Waals surface area contributed by atoms with Crippen molar-refractivity contribution in [3.05, 3.63) is 66.1 Å². The molecular weight excluding hydrogens is 319 g/mol. The lowest BCUT2D eigenvalue weighted by molar-refractivity contribution is -0.137. The number of benzene rings is 1. The lowest BCUT2D eigenvalue weighted by Crippen LogP contribution is -2.08. The third-order valence-corrected chi connectivity index (χ3v) is 3.35. The lowest BCUT2D eigenvalue weighted by Gasteiger charge is -2.08. The van der Waals surface area contributed by atoms with Crippen LogP contribution in [0.5, 0.6) is 0 Å². The molecule has 24 heavy (non-hydrogen) atoms. The van der Waals surface area contributed by atoms with Crippen LogP contribution in [0.1, 0.15) is 11.1 Å². The van der Waals surface area contributed by atoms with Crippen LogP contribution < -0.4 is 5.32 Å². The molecule has 3 aromatic rings. The highest BCUT2D eigenvalue weighted by Crippen LogP contribution is 2.29. The highest BCUT2D eigenvalue weighted by Gasteiger charge is 2.29. The standard InChI is InChI=1S/C16H14F3N5/c17-16(18,19)13-4-2-12(3-5-13)6-10-20-14-7-11-24(23-14)15-21-8-1-9-22-15/h1-5,7-9,11H,6,10H2,(H,20,23). The number of halogens is 3. The van der Waals surface area contributed by atoms with Crippen LogP contribution in [0.25, 0.3) is 5.95 Å². The maximum Gasteiger partial charge on any atom is 0.416 e. The predicted octanol–water partition coefficient (Wildman–Crippen LogP) is 3.34. The van der Waals surface area contributed by atoms with Gasteiger partial charge in [0, 0.05) is 31.2 Å². The Morgan fingerprint density at radius 2 is 1.71 bits per heavy atom. The first-order valence-electron chi connectivity index (χ1n) is 7.25. The van der Waals surface area contributed by atoms with Crippen molar-refractivity contribution in [2.75, 3.05) is 11.9 Å². The van der Waals surface area contributed by atoms with Crippen molar-refractivity contribution < 1.29 is 13.2 Å². The molecule has 2 aromatic heterocycles. The van der Waals surface area contributed by atoms with Crippen molar-refractivity contribution in [1.82, 2.24) is 19.7 Å². The van der Waals surface area contributed by atoms with E-state index < -0.39 is 11.7 Å². The Hall–Kier alpha value is -2.90. The first kappa shape index (κ1) is 16.0. The van der Waals surface area contributed by atoms with Gasteiger partial charge in [0.2, 0.25) is 5.95 Å². The van der Waals surface area contributed by atoms with Gasteiger partial charge in [-0.1, -0.05) is 12.1 Å². The largest absolute Gasteiger partial charge is 0.416 e. The van der Waals surface area contributed by atoms with E-state index in [-0.39, 0.29) is 0 Å². The second-order valence-electron chi connectivity index (χ2n) is 5.07. The van der Waals surface area contributed by atoms with Crippen molar-refractivity contribution in [2.24, 2.45) is 0 Å². The van der Waals surface area contributed by atoms with Crippen molar-refractivity contribution in [3.8, 4) is 5.95 Å². The number of nitrogens with zero attached hydrogens (tertiary/aromatic N) is 4. The highest BCUT2D eigenvalue weighted by atomic mass is 19.4. The van der Waals surface area contributed by atoms with Gasteiger partial charge in [-0.05, 0) is 30.2 Å². The first-order valence-corrected chi connectivity index (χ1v) is 7.25. The summed E-state index contributed by atoms with van der Waals surface area (Å²) in [5, 5.41) is 7.41. The Balaban J connectivity index is 1.54. The van der Waals surface area contributed by atoms with Gasteiger partial charge in [0.15, 0.2) is 0 Å². The van der Waals surface area contributed by atoms with E-state index in [4.69, 9.17) is 0 Å². The highest BCUT2D eigenvalue weighted by molar-refractivity contribution is 5.34. The molecule has 0 aliphatic heterocycles. The van der Waals surface area contributed by atoms with Gasteiger partial charge in [-0.3, -0.25) is 0 Å². The maximum absolute atomic E-state index is 12.5. The minimum Gasteiger partial charge on any atom is -0.368 e. The SMILES string of the molecule is FC(F)(F)c1ccc(CCNc2ccn(-c3ncccn3)n2)cc1. The molecule has 1 N–H and O–H groups in total. The average molecular weight is 333 g/mol. The quantitative estimate of drug-likeness (QED) is 0.778. The molecule has 8 heteroatoms. The van der Waals surface area contributed by atoms with Crippen molar-refractivity contribution in [1.29, 1.82) is 0 Å². The summed E-state index contributed by atoms with van der Waals surface area (Å²) in [6.07, 6.45) is 1.27. The number of hydrogen-bond acceptors (Lipinski definition) is 4. The molecule has 0 saturated heterocycles.